The van der Waals surface area contributed by atoms with E-state index in [4.69, 9.17) is 11.6 Å². The lowest BCUT2D eigenvalue weighted by Gasteiger charge is -2.01. The molecule has 0 saturated carbocycles. The molecule has 1 aromatic carbocycles. The summed E-state index contributed by atoms with van der Waals surface area (Å²) in [7, 11) is 0. The third-order valence-electron chi connectivity index (χ3n) is 2.39. The van der Waals surface area contributed by atoms with Crippen molar-refractivity contribution >= 4 is 11.6 Å². The van der Waals surface area contributed by atoms with E-state index >= 15 is 0 Å². The number of nitrogens with zero attached hydrogens (tertiary/aromatic N) is 3. The monoisotopic (exact) mass is 268 g/mol. The van der Waals surface area contributed by atoms with Gasteiger partial charge in [0, 0.05) is 11.6 Å². The first kappa shape index (κ1) is 13.0. The van der Waals surface area contributed by atoms with Gasteiger partial charge in [-0.25, -0.2) is 9.07 Å². The molecule has 2 rings (SSSR count). The van der Waals surface area contributed by atoms with Crippen LogP contribution in [0.15, 0.2) is 24.4 Å². The van der Waals surface area contributed by atoms with Crippen LogP contribution in [-0.4, -0.2) is 21.5 Å². The normalized spacial score (nSPS) is 10.8. The third kappa shape index (κ3) is 3.27. The molecule has 0 saturated heterocycles. The third-order valence-corrected chi connectivity index (χ3v) is 2.60. The molecule has 0 radical (unpaired) electrons. The van der Waals surface area contributed by atoms with Gasteiger partial charge in [0.1, 0.15) is 5.82 Å². The van der Waals surface area contributed by atoms with Crippen LogP contribution in [0.5, 0.6) is 0 Å². The average molecular weight is 269 g/mol. The summed E-state index contributed by atoms with van der Waals surface area (Å²) in [5, 5.41) is 11.5. The summed E-state index contributed by atoms with van der Waals surface area (Å²) in [6.45, 7) is 3.67. The van der Waals surface area contributed by atoms with Crippen molar-refractivity contribution in [2.45, 2.75) is 19.9 Å². The van der Waals surface area contributed by atoms with Gasteiger partial charge in [0.25, 0.3) is 0 Å². The second-order valence-corrected chi connectivity index (χ2v) is 4.40. The molecule has 2 aromatic rings. The Morgan fingerprint density at radius 1 is 1.39 bits per heavy atom. The van der Waals surface area contributed by atoms with Crippen LogP contribution in [0.3, 0.4) is 0 Å². The first-order valence-corrected chi connectivity index (χ1v) is 6.15. The highest BCUT2D eigenvalue weighted by molar-refractivity contribution is 6.30. The Hall–Kier alpha value is -1.46. The molecule has 0 spiro atoms. The molecule has 1 heterocycles. The van der Waals surface area contributed by atoms with E-state index in [-0.39, 0.29) is 0 Å². The highest BCUT2D eigenvalue weighted by atomic mass is 35.5. The van der Waals surface area contributed by atoms with Gasteiger partial charge in [-0.15, -0.1) is 5.10 Å². The zero-order valence-corrected chi connectivity index (χ0v) is 10.8. The number of hydrogen-bond donors (Lipinski definition) is 1. The Labute approximate surface area is 110 Å². The van der Waals surface area contributed by atoms with Gasteiger partial charge in [0.15, 0.2) is 0 Å². The van der Waals surface area contributed by atoms with Crippen LogP contribution in [-0.2, 0) is 6.54 Å². The van der Waals surface area contributed by atoms with Crippen molar-refractivity contribution in [3.63, 3.8) is 0 Å². The molecular weight excluding hydrogens is 255 g/mol. The summed E-state index contributed by atoms with van der Waals surface area (Å²) in [5.41, 5.74) is 1.37. The molecule has 0 aliphatic rings. The molecule has 0 bridgehead atoms. The van der Waals surface area contributed by atoms with Crippen LogP contribution in [0.2, 0.25) is 5.02 Å². The highest BCUT2D eigenvalue weighted by Gasteiger charge is 2.05. The minimum Gasteiger partial charge on any atom is -0.311 e. The van der Waals surface area contributed by atoms with Gasteiger partial charge in [-0.2, -0.15) is 0 Å². The molecule has 96 valence electrons. The molecule has 0 fully saturated rings. The van der Waals surface area contributed by atoms with Gasteiger partial charge in [-0.05, 0) is 31.2 Å². The topological polar surface area (TPSA) is 42.7 Å². The second-order valence-electron chi connectivity index (χ2n) is 3.96. The van der Waals surface area contributed by atoms with Crippen molar-refractivity contribution < 1.29 is 4.39 Å². The van der Waals surface area contributed by atoms with E-state index in [1.54, 1.807) is 12.3 Å². The lowest BCUT2D eigenvalue weighted by atomic mass is 10.3. The molecule has 0 aliphatic heterocycles. The molecule has 4 nitrogen and oxygen atoms in total. The summed E-state index contributed by atoms with van der Waals surface area (Å²) in [5.74, 6) is -0.390. The lowest BCUT2D eigenvalue weighted by molar-refractivity contribution is 0.625. The minimum absolute atomic E-state index is 0.339. The van der Waals surface area contributed by atoms with Crippen LogP contribution >= 0.6 is 11.6 Å². The molecule has 6 heteroatoms. The summed E-state index contributed by atoms with van der Waals surface area (Å²) >= 11 is 5.80. The van der Waals surface area contributed by atoms with Crippen LogP contribution in [0.25, 0.3) is 5.69 Å². The number of nitrogens with one attached hydrogen (secondary N) is 1. The Kier molecular flexibility index (Phi) is 4.28. The summed E-state index contributed by atoms with van der Waals surface area (Å²) < 4.78 is 14.7. The smallest absolute Gasteiger partial charge is 0.126 e. The van der Waals surface area contributed by atoms with Gasteiger partial charge in [-0.1, -0.05) is 23.7 Å². The quantitative estimate of drug-likeness (QED) is 0.848. The van der Waals surface area contributed by atoms with E-state index in [0.29, 0.717) is 17.3 Å². The number of rotatable bonds is 5. The van der Waals surface area contributed by atoms with Gasteiger partial charge < -0.3 is 5.32 Å². The molecule has 0 unspecified atom stereocenters. The first-order chi connectivity index (χ1) is 8.69. The molecule has 1 aromatic heterocycles. The van der Waals surface area contributed by atoms with Crippen molar-refractivity contribution in [1.29, 1.82) is 0 Å². The van der Waals surface area contributed by atoms with E-state index in [2.05, 4.69) is 22.6 Å². The van der Waals surface area contributed by atoms with E-state index in [0.717, 1.165) is 18.7 Å². The van der Waals surface area contributed by atoms with Crippen LogP contribution in [0, 0.1) is 5.82 Å². The fourth-order valence-corrected chi connectivity index (χ4v) is 1.79. The maximum atomic E-state index is 13.2. The zero-order chi connectivity index (χ0) is 13.0. The zero-order valence-electron chi connectivity index (χ0n) is 10.0. The Morgan fingerprint density at radius 3 is 2.94 bits per heavy atom. The maximum Gasteiger partial charge on any atom is 0.126 e. The Bertz CT molecular complexity index is 506. The van der Waals surface area contributed by atoms with E-state index in [1.165, 1.54) is 16.8 Å². The van der Waals surface area contributed by atoms with E-state index < -0.39 is 5.82 Å². The number of aromatic nitrogens is 3. The second kappa shape index (κ2) is 5.93. The Morgan fingerprint density at radius 2 is 2.22 bits per heavy atom. The molecule has 0 atom stereocenters. The number of hydrogen-bond acceptors (Lipinski definition) is 3. The SMILES string of the molecule is CCCNCc1cn(-c2cc(F)cc(Cl)c2)nn1. The van der Waals surface area contributed by atoms with Crippen LogP contribution < -0.4 is 5.32 Å². The molecule has 0 amide bonds. The standard InChI is InChI=1S/C12H14ClFN4/c1-2-3-15-7-11-8-18(17-16-11)12-5-9(13)4-10(14)6-12/h4-6,8,15H,2-3,7H2,1H3. The largest absolute Gasteiger partial charge is 0.311 e. The average Bonchev–Trinajstić information content (AvgIpc) is 2.77. The van der Waals surface area contributed by atoms with Crippen molar-refractivity contribution in [3.05, 3.63) is 40.9 Å². The summed E-state index contributed by atoms with van der Waals surface area (Å²) in [4.78, 5) is 0. The maximum absolute atomic E-state index is 13.2. The van der Waals surface area contributed by atoms with Crippen molar-refractivity contribution in [2.75, 3.05) is 6.54 Å². The fraction of sp³-hybridized carbons (Fsp3) is 0.333. The molecule has 0 aliphatic carbocycles. The predicted octanol–water partition coefficient (Wildman–Crippen LogP) is 2.56. The van der Waals surface area contributed by atoms with E-state index in [1.807, 2.05) is 0 Å². The number of halogens is 2. The van der Waals surface area contributed by atoms with Gasteiger partial charge in [0.2, 0.25) is 0 Å². The van der Waals surface area contributed by atoms with Crippen LogP contribution in [0.4, 0.5) is 4.39 Å². The van der Waals surface area contributed by atoms with Gasteiger partial charge in [-0.3, -0.25) is 0 Å². The fourth-order valence-electron chi connectivity index (χ4n) is 1.57. The molecular formula is C12H14ClFN4. The predicted molar refractivity (Wildman–Crippen MR) is 68.3 cm³/mol. The summed E-state index contributed by atoms with van der Waals surface area (Å²) in [6.07, 6.45) is 2.82. The lowest BCUT2D eigenvalue weighted by Crippen LogP contribution is -2.13. The van der Waals surface area contributed by atoms with Gasteiger partial charge >= 0.3 is 0 Å². The van der Waals surface area contributed by atoms with Crippen molar-refractivity contribution in [1.82, 2.24) is 20.3 Å². The number of benzene rings is 1. The summed E-state index contributed by atoms with van der Waals surface area (Å²) in [6, 6.07) is 4.26. The molecule has 18 heavy (non-hydrogen) atoms. The highest BCUT2D eigenvalue weighted by Crippen LogP contribution is 2.16. The minimum atomic E-state index is -0.390. The first-order valence-electron chi connectivity index (χ1n) is 5.77. The van der Waals surface area contributed by atoms with Crippen molar-refractivity contribution in [2.24, 2.45) is 0 Å². The van der Waals surface area contributed by atoms with Crippen LogP contribution in [0.1, 0.15) is 19.0 Å². The Balaban J connectivity index is 2.13. The van der Waals surface area contributed by atoms with Crippen molar-refractivity contribution in [3.8, 4) is 5.69 Å². The van der Waals surface area contributed by atoms with E-state index in [9.17, 15) is 4.39 Å². The van der Waals surface area contributed by atoms with Gasteiger partial charge in [0.05, 0.1) is 17.6 Å². The molecule has 1 N–H and O–H groups in total.